The molecule has 6 heteroatoms. The molecule has 0 aliphatic heterocycles. The van der Waals surface area contributed by atoms with E-state index in [-0.39, 0.29) is 34.2 Å². The van der Waals surface area contributed by atoms with Gasteiger partial charge in [0.15, 0.2) is 0 Å². The monoisotopic (exact) mass is 744 g/mol. The maximum absolute atomic E-state index is 16.6. The first-order chi connectivity index (χ1) is 21.2. The van der Waals surface area contributed by atoms with Crippen LogP contribution in [0.5, 0.6) is 0 Å². The standard InChI is InChI=1S/C37H31OP3Se2/c38-41(33-23-11-3-12-24-33,34-25-13-4-14-26-34)37(39(31-19-7-1-8-20-31)32-21-9-2-10-22-32)40(42-35-27-15-5-16-28-35)43-36-29-17-6-18-30-36/h1-30,37H. The molecule has 6 aromatic carbocycles. The van der Waals surface area contributed by atoms with Gasteiger partial charge in [0.1, 0.15) is 0 Å². The molecule has 0 radical (unpaired) electrons. The molecule has 212 valence electrons. The topological polar surface area (TPSA) is 17.1 Å². The van der Waals surface area contributed by atoms with Crippen LogP contribution >= 0.6 is 20.4 Å². The second-order valence-electron chi connectivity index (χ2n) is 9.81. The van der Waals surface area contributed by atoms with Gasteiger partial charge in [-0.25, -0.2) is 0 Å². The van der Waals surface area contributed by atoms with E-state index >= 15 is 4.57 Å². The van der Waals surface area contributed by atoms with E-state index in [2.05, 4.69) is 170 Å². The maximum atomic E-state index is 16.6. The predicted octanol–water partition coefficient (Wildman–Crippen LogP) is 6.79. The molecular weight excluding hydrogens is 711 g/mol. The molecule has 6 aromatic rings. The number of hydrogen-bond acceptors (Lipinski definition) is 1. The molecule has 0 saturated heterocycles. The van der Waals surface area contributed by atoms with Crippen LogP contribution in [0.4, 0.5) is 0 Å². The quantitative estimate of drug-likeness (QED) is 0.106. The van der Waals surface area contributed by atoms with E-state index in [1.54, 1.807) is 0 Å². The van der Waals surface area contributed by atoms with Gasteiger partial charge in [-0.15, -0.1) is 0 Å². The van der Waals surface area contributed by atoms with Crippen LogP contribution in [-0.4, -0.2) is 34.2 Å². The average molecular weight is 742 g/mol. The second kappa shape index (κ2) is 15.0. The van der Waals surface area contributed by atoms with Crippen molar-refractivity contribution in [3.63, 3.8) is 0 Å². The Bertz CT molecular complexity index is 1620. The minimum absolute atomic E-state index is 0.0347. The molecule has 0 spiro atoms. The Morgan fingerprint density at radius 1 is 0.419 bits per heavy atom. The van der Waals surface area contributed by atoms with Crippen LogP contribution in [0.3, 0.4) is 0 Å². The molecule has 0 heterocycles. The van der Waals surface area contributed by atoms with E-state index in [1.807, 2.05) is 12.1 Å². The summed E-state index contributed by atoms with van der Waals surface area (Å²) in [5.41, 5.74) is 0. The van der Waals surface area contributed by atoms with Gasteiger partial charge in [0.25, 0.3) is 0 Å². The van der Waals surface area contributed by atoms with Crippen LogP contribution in [0, 0.1) is 0 Å². The van der Waals surface area contributed by atoms with Crippen molar-refractivity contribution in [2.45, 2.75) is 5.14 Å². The summed E-state index contributed by atoms with van der Waals surface area (Å²) in [4.78, 5) is 0. The molecule has 0 saturated carbocycles. The van der Waals surface area contributed by atoms with Crippen molar-refractivity contribution in [2.75, 3.05) is 0 Å². The van der Waals surface area contributed by atoms with Crippen LogP contribution in [-0.2, 0) is 4.57 Å². The zero-order valence-electron chi connectivity index (χ0n) is 23.5. The fourth-order valence-electron chi connectivity index (χ4n) is 4.98. The first-order valence-corrected chi connectivity index (χ1v) is 24.8. The number of hydrogen-bond donors (Lipinski definition) is 0. The van der Waals surface area contributed by atoms with Gasteiger partial charge in [-0.3, -0.25) is 0 Å². The van der Waals surface area contributed by atoms with Crippen molar-refractivity contribution < 1.29 is 4.57 Å². The molecule has 0 fully saturated rings. The molecule has 0 aromatic heterocycles. The van der Waals surface area contributed by atoms with Gasteiger partial charge in [-0.1, -0.05) is 0 Å². The molecule has 6 rings (SSSR count). The van der Waals surface area contributed by atoms with Gasteiger partial charge in [0, 0.05) is 0 Å². The van der Waals surface area contributed by atoms with Crippen LogP contribution in [0.1, 0.15) is 0 Å². The molecular formula is C37H31OP3Se2. The molecule has 0 bridgehead atoms. The van der Waals surface area contributed by atoms with E-state index in [0.717, 1.165) is 10.6 Å². The molecule has 43 heavy (non-hydrogen) atoms. The fraction of sp³-hybridized carbons (Fsp3) is 0.0270. The molecule has 0 aliphatic rings. The number of rotatable bonds is 11. The first kappa shape index (κ1) is 30.5. The molecule has 0 aliphatic carbocycles. The van der Waals surface area contributed by atoms with Gasteiger partial charge < -0.3 is 0 Å². The van der Waals surface area contributed by atoms with E-state index < -0.39 is 20.4 Å². The van der Waals surface area contributed by atoms with Gasteiger partial charge in [0.05, 0.1) is 0 Å². The van der Waals surface area contributed by atoms with Crippen LogP contribution < -0.4 is 30.1 Å². The molecule has 0 N–H and O–H groups in total. The van der Waals surface area contributed by atoms with E-state index in [9.17, 15) is 0 Å². The van der Waals surface area contributed by atoms with Gasteiger partial charge in [-0.05, 0) is 0 Å². The summed E-state index contributed by atoms with van der Waals surface area (Å²) in [6, 6.07) is 64.5. The van der Waals surface area contributed by atoms with Gasteiger partial charge >= 0.3 is 271 Å². The van der Waals surface area contributed by atoms with Crippen LogP contribution in [0.15, 0.2) is 182 Å². The van der Waals surface area contributed by atoms with Crippen LogP contribution in [0.25, 0.3) is 0 Å². The van der Waals surface area contributed by atoms with Gasteiger partial charge in [-0.2, -0.15) is 0 Å². The summed E-state index contributed by atoms with van der Waals surface area (Å²) in [6.07, 6.45) is 0. The zero-order chi connectivity index (χ0) is 29.3. The Morgan fingerprint density at radius 2 is 0.721 bits per heavy atom. The Hall–Kier alpha value is -2.55. The molecule has 1 nitrogen and oxygen atoms in total. The summed E-state index contributed by atoms with van der Waals surface area (Å²) < 4.78 is 19.3. The van der Waals surface area contributed by atoms with E-state index in [4.69, 9.17) is 0 Å². The third kappa shape index (κ3) is 7.23. The van der Waals surface area contributed by atoms with Crippen molar-refractivity contribution in [1.29, 1.82) is 0 Å². The third-order valence-corrected chi connectivity index (χ3v) is 35.6. The van der Waals surface area contributed by atoms with Crippen LogP contribution in [0.2, 0.25) is 0 Å². The molecule has 1 atom stereocenters. The average Bonchev–Trinajstić information content (AvgIpc) is 3.09. The molecule has 1 unspecified atom stereocenters. The van der Waals surface area contributed by atoms with E-state index in [0.29, 0.717) is 0 Å². The van der Waals surface area contributed by atoms with Crippen molar-refractivity contribution in [1.82, 2.24) is 0 Å². The van der Waals surface area contributed by atoms with Crippen molar-refractivity contribution in [3.05, 3.63) is 182 Å². The summed E-state index contributed by atoms with van der Waals surface area (Å²) in [5, 5.41) is 3.77. The predicted molar refractivity (Wildman–Crippen MR) is 193 cm³/mol. The third-order valence-electron chi connectivity index (χ3n) is 6.97. The Labute approximate surface area is 269 Å². The number of benzene rings is 6. The minimum atomic E-state index is -3.16. The van der Waals surface area contributed by atoms with Crippen molar-refractivity contribution in [3.8, 4) is 0 Å². The Kier molecular flexibility index (Phi) is 10.6. The second-order valence-corrected chi connectivity index (χ2v) is 30.4. The fourth-order valence-corrected chi connectivity index (χ4v) is 40.7. The normalized spacial score (nSPS) is 12.3. The van der Waals surface area contributed by atoms with Crippen molar-refractivity contribution >= 4 is 79.5 Å². The molecule has 0 amide bonds. The summed E-state index contributed by atoms with van der Waals surface area (Å²) >= 11 is 0.306. The Balaban J connectivity index is 1.66. The van der Waals surface area contributed by atoms with Crippen molar-refractivity contribution in [2.24, 2.45) is 0 Å². The Morgan fingerprint density at radius 3 is 1.07 bits per heavy atom. The zero-order valence-corrected chi connectivity index (χ0v) is 29.6. The van der Waals surface area contributed by atoms with E-state index in [1.165, 1.54) is 19.5 Å². The summed E-state index contributed by atoms with van der Waals surface area (Å²) in [5.74, 6) is 0. The summed E-state index contributed by atoms with van der Waals surface area (Å²) in [7, 11) is -4.15. The first-order valence-electron chi connectivity index (χ1n) is 14.1. The van der Waals surface area contributed by atoms with Gasteiger partial charge in [0.2, 0.25) is 0 Å². The SMILES string of the molecule is O=P(c1ccccc1)(c1ccccc1)C(P([Se]c1ccccc1)[Se]c1ccccc1)P(c1ccccc1)c1ccccc1. The summed E-state index contributed by atoms with van der Waals surface area (Å²) in [6.45, 7) is 0.